The topological polar surface area (TPSA) is 260 Å². The van der Waals surface area contributed by atoms with E-state index in [2.05, 4.69) is 171 Å². The van der Waals surface area contributed by atoms with Gasteiger partial charge < -0.3 is 69.3 Å². The maximum atomic E-state index is 13.2. The molecular formula is C107H140ClN9O13S. The molecule has 8 aromatic rings. The Morgan fingerprint density at radius 1 is 0.466 bits per heavy atom. The van der Waals surface area contributed by atoms with Crippen LogP contribution in [-0.2, 0) is 74.2 Å². The highest BCUT2D eigenvalue weighted by atomic mass is 35.5. The molecule has 2 saturated heterocycles. The van der Waals surface area contributed by atoms with Crippen molar-refractivity contribution in [2.75, 3.05) is 106 Å². The van der Waals surface area contributed by atoms with E-state index in [0.717, 1.165) is 222 Å². The molecule has 1 amide bonds. The standard InChI is InChI=1S/C28H35N3O2.C28H36N2O4.C26H33ClN2O3.C25H36N2O4S/c1-21(2)19-31(25-7-4-3-5-8-25)27-14-11-23(28(33-20-32)15-6-16-28)17-26(27)30-24-12-9-22(18-29)10-13-24;1-20(2)18-30(24-11-15-33-16-12-24)26-10-9-23(28(34-19-31)13-4-14-28)17-25(26)29-27(32)22-7-5-21(3)6-8-22;1-19(2)17-29(23-10-14-31-15-11-23)25-9-4-20(26(32-18-30)12-3-13-26)16-24(25)28-22-7-5-21(27)6-8-22;1-7-25(31-17-28)20-8-13-24(27(15-18(2)3)16-19(4)5)23(14-20)26-21-9-11-22(12-10-21)32(6,29)30/h9-14,17,20-21,25,30H,3-8,15-16,19H2,1-2H3;5-10,17,19-20,24H,4,11-16,18H2,1-3H3,(H,29,32);4-9,16,18-19,23,28H,3,10-15,17H2,1-2H3;8-14,17-19,25-26H,7,15-16H2,1-6H3. The molecule has 2 heterocycles. The number of anilines is 11. The average molecular weight is 1830 g/mol. The van der Waals surface area contributed by atoms with E-state index in [-0.39, 0.29) is 16.9 Å². The van der Waals surface area contributed by atoms with Crippen molar-refractivity contribution in [3.8, 4) is 6.07 Å². The molecular weight excluding hydrogens is 1690 g/mol. The Balaban J connectivity index is 0.000000169. The minimum Gasteiger partial charge on any atom is -0.460 e. The number of rotatable bonds is 39. The predicted octanol–water partition coefficient (Wildman–Crippen LogP) is 23.9. The van der Waals surface area contributed by atoms with Gasteiger partial charge in [0.25, 0.3) is 31.8 Å². The van der Waals surface area contributed by atoms with Crippen LogP contribution < -0.4 is 40.9 Å². The first-order valence-electron chi connectivity index (χ1n) is 47.5. The lowest BCUT2D eigenvalue weighted by molar-refractivity contribution is -0.156. The molecule has 24 heteroatoms. The third kappa shape index (κ3) is 27.5. The summed E-state index contributed by atoms with van der Waals surface area (Å²) in [5.74, 6) is 2.35. The van der Waals surface area contributed by atoms with Crippen molar-refractivity contribution >= 4 is 116 Å². The highest BCUT2D eigenvalue weighted by Gasteiger charge is 2.45. The van der Waals surface area contributed by atoms with Gasteiger partial charge in [-0.1, -0.05) is 149 Å². The summed E-state index contributed by atoms with van der Waals surface area (Å²) in [7, 11) is -3.25. The SMILES string of the molecule is CC(C)CN(c1ccc(C2(OC=O)CCC2)cc1Nc1ccc(C#N)cc1)C1CCCCC1.CC(C)CN(c1ccc(C2(OC=O)CCC2)cc1Nc1ccc(Cl)cc1)C1CCOCC1.CCC(OC=O)c1ccc(N(CC(C)C)CC(C)C)c(Nc2ccc(S(C)(=O)=O)cc2)c1.Cc1ccc(C(=O)Nc2cc(C3(OC=O)CCC3)ccc2N(CC(C)C)C2CCOCC2)cc1. The molecule has 0 spiro atoms. The largest absolute Gasteiger partial charge is 0.460 e. The van der Waals surface area contributed by atoms with E-state index in [1.165, 1.54) is 49.7 Å². The zero-order chi connectivity index (χ0) is 93.8. The molecule has 14 rings (SSSR count). The molecule has 8 aromatic carbocycles. The summed E-state index contributed by atoms with van der Waals surface area (Å²) in [6.45, 7) is 36.2. The number of hydrogen-bond donors (Lipinski definition) is 4. The molecule has 4 aliphatic carbocycles. The number of benzene rings is 8. The Bertz CT molecular complexity index is 5140. The van der Waals surface area contributed by atoms with E-state index < -0.39 is 26.6 Å². The van der Waals surface area contributed by atoms with Crippen molar-refractivity contribution in [3.63, 3.8) is 0 Å². The lowest BCUT2D eigenvalue weighted by Gasteiger charge is -2.42. The number of carbonyl (C=O) groups is 5. The van der Waals surface area contributed by atoms with Crippen molar-refractivity contribution < 1.29 is 60.8 Å². The van der Waals surface area contributed by atoms with Crippen molar-refractivity contribution in [2.24, 2.45) is 29.6 Å². The zero-order valence-corrected chi connectivity index (χ0v) is 80.9. The fourth-order valence-corrected chi connectivity index (χ4v) is 19.4. The minimum absolute atomic E-state index is 0.145. The highest BCUT2D eigenvalue weighted by Crippen LogP contribution is 2.51. The molecule has 0 aromatic heterocycles. The molecule has 0 radical (unpaired) electrons. The lowest BCUT2D eigenvalue weighted by atomic mass is 9.74. The molecule has 131 heavy (non-hydrogen) atoms. The summed E-state index contributed by atoms with van der Waals surface area (Å²) in [5.41, 5.74) is 15.6. The summed E-state index contributed by atoms with van der Waals surface area (Å²) in [6.07, 6.45) is 20.0. The number of ether oxygens (including phenoxy) is 6. The maximum absolute atomic E-state index is 13.2. The number of nitriles is 1. The summed E-state index contributed by atoms with van der Waals surface area (Å²) >= 11 is 6.10. The van der Waals surface area contributed by atoms with Crippen LogP contribution in [0.25, 0.3) is 0 Å². The van der Waals surface area contributed by atoms with Crippen molar-refractivity contribution in [2.45, 2.75) is 251 Å². The van der Waals surface area contributed by atoms with E-state index in [4.69, 9.17) is 45.3 Å². The normalized spacial score (nSPS) is 16.5. The van der Waals surface area contributed by atoms with Crippen LogP contribution in [0.4, 0.5) is 62.6 Å². The number of sulfone groups is 1. The van der Waals surface area contributed by atoms with Crippen molar-refractivity contribution in [1.29, 1.82) is 5.26 Å². The average Bonchev–Trinajstić information content (AvgIpc) is 0.769. The van der Waals surface area contributed by atoms with Gasteiger partial charge in [-0.3, -0.25) is 24.0 Å². The lowest BCUT2D eigenvalue weighted by Crippen LogP contribution is -2.42. The Morgan fingerprint density at radius 2 is 0.840 bits per heavy atom. The second kappa shape index (κ2) is 48.1. The Morgan fingerprint density at radius 3 is 1.21 bits per heavy atom. The second-order valence-electron chi connectivity index (χ2n) is 38.3. The number of hydrogen-bond acceptors (Lipinski definition) is 21. The third-order valence-corrected chi connectivity index (χ3v) is 27.2. The van der Waals surface area contributed by atoms with Crippen LogP contribution in [0.2, 0.25) is 5.02 Å². The van der Waals surface area contributed by atoms with E-state index in [1.807, 2.05) is 105 Å². The van der Waals surface area contributed by atoms with Crippen LogP contribution >= 0.6 is 11.6 Å². The van der Waals surface area contributed by atoms with Gasteiger partial charge in [-0.2, -0.15) is 5.26 Å². The number of amides is 1. The summed E-state index contributed by atoms with van der Waals surface area (Å²) < 4.78 is 56.9. The number of nitrogens with zero attached hydrogens (tertiary/aromatic N) is 5. The predicted molar refractivity (Wildman–Crippen MR) is 528 cm³/mol. The number of halogens is 1. The molecule has 4 N–H and O–H groups in total. The van der Waals surface area contributed by atoms with E-state index in [9.17, 15) is 32.4 Å². The molecule has 22 nitrogen and oxygen atoms in total. The molecule has 0 bridgehead atoms. The summed E-state index contributed by atoms with van der Waals surface area (Å²) in [5, 5.41) is 23.8. The molecule has 1 atom stereocenters. The molecule has 1 unspecified atom stereocenters. The Labute approximate surface area is 783 Å². The number of aryl methyl sites for hydroxylation is 1. The van der Waals surface area contributed by atoms with Gasteiger partial charge >= 0.3 is 0 Å². The molecule has 6 aliphatic rings. The minimum atomic E-state index is -3.25. The first kappa shape index (κ1) is 101. The van der Waals surface area contributed by atoms with Gasteiger partial charge in [-0.15, -0.1) is 0 Å². The molecule has 704 valence electrons. The summed E-state index contributed by atoms with van der Waals surface area (Å²) in [6, 6.07) is 58.5. The van der Waals surface area contributed by atoms with Crippen LogP contribution in [0.1, 0.15) is 248 Å². The third-order valence-electron chi connectivity index (χ3n) is 25.8. The first-order chi connectivity index (χ1) is 63.0. The summed E-state index contributed by atoms with van der Waals surface area (Å²) in [4.78, 5) is 68.1. The Kier molecular flexibility index (Phi) is 37.1. The highest BCUT2D eigenvalue weighted by molar-refractivity contribution is 7.90. The van der Waals surface area contributed by atoms with Crippen LogP contribution in [-0.4, -0.2) is 124 Å². The zero-order valence-electron chi connectivity index (χ0n) is 79.3. The van der Waals surface area contributed by atoms with Crippen LogP contribution in [0.5, 0.6) is 0 Å². The van der Waals surface area contributed by atoms with Crippen LogP contribution in [0.15, 0.2) is 175 Å². The second-order valence-corrected chi connectivity index (χ2v) is 40.7. The smallest absolute Gasteiger partial charge is 0.293 e. The van der Waals surface area contributed by atoms with Gasteiger partial charge in [-0.05, 0) is 295 Å². The molecule has 6 fully saturated rings. The van der Waals surface area contributed by atoms with Crippen LogP contribution in [0.3, 0.4) is 0 Å². The maximum Gasteiger partial charge on any atom is 0.293 e. The van der Waals surface area contributed by atoms with E-state index in [0.29, 0.717) is 96.2 Å². The van der Waals surface area contributed by atoms with E-state index >= 15 is 0 Å². The Hall–Kier alpha value is -10.6. The van der Waals surface area contributed by atoms with Crippen molar-refractivity contribution in [1.82, 2.24) is 0 Å². The van der Waals surface area contributed by atoms with Gasteiger partial charge in [0.15, 0.2) is 9.84 Å². The fraction of sp³-hybridized carbons (Fsp3) is 0.495. The van der Waals surface area contributed by atoms with Gasteiger partial charge in [0.2, 0.25) is 0 Å². The van der Waals surface area contributed by atoms with Gasteiger partial charge in [0.05, 0.1) is 62.0 Å². The molecule has 4 saturated carbocycles. The fourth-order valence-electron chi connectivity index (χ4n) is 18.7. The van der Waals surface area contributed by atoms with Gasteiger partial charge in [0, 0.05) is 111 Å². The molecule has 2 aliphatic heterocycles. The van der Waals surface area contributed by atoms with Gasteiger partial charge in [0.1, 0.15) is 22.9 Å². The van der Waals surface area contributed by atoms with E-state index in [1.54, 1.807) is 24.3 Å². The van der Waals surface area contributed by atoms with Crippen LogP contribution in [0, 0.1) is 47.8 Å². The monoisotopic (exact) mass is 1830 g/mol. The van der Waals surface area contributed by atoms with Crippen molar-refractivity contribution in [3.05, 3.63) is 214 Å². The quantitative estimate of drug-likeness (QED) is 0.0206. The number of nitrogens with one attached hydrogen (secondary N) is 4. The van der Waals surface area contributed by atoms with Gasteiger partial charge in [-0.25, -0.2) is 8.42 Å². The first-order valence-corrected chi connectivity index (χ1v) is 49.7. The number of carbonyl (C=O) groups excluding carboxylic acids is 5.